The molecule has 3 nitrogen and oxygen atoms in total. The number of aryl methyl sites for hydroxylation is 1. The molecule has 0 saturated heterocycles. The fraction of sp³-hybridized carbons (Fsp3) is 0.250. The van der Waals surface area contributed by atoms with Crippen LogP contribution >= 0.6 is 11.6 Å². The number of hydrogen-bond donors (Lipinski definition) is 1. The first-order valence-electron chi connectivity index (χ1n) is 6.39. The average Bonchev–Trinajstić information content (AvgIpc) is 2.48. The van der Waals surface area contributed by atoms with Crippen molar-refractivity contribution in [2.24, 2.45) is 5.73 Å². The summed E-state index contributed by atoms with van der Waals surface area (Å²) in [5.41, 5.74) is 8.07. The Kier molecular flexibility index (Phi) is 4.88. The highest BCUT2D eigenvalue weighted by Gasteiger charge is 2.12. The second-order valence-corrected chi connectivity index (χ2v) is 4.98. The fourth-order valence-corrected chi connectivity index (χ4v) is 2.07. The number of ether oxygens (including phenoxy) is 2. The van der Waals surface area contributed by atoms with Gasteiger partial charge in [0.2, 0.25) is 0 Å². The van der Waals surface area contributed by atoms with Crippen LogP contribution in [0.5, 0.6) is 11.5 Å². The third-order valence-corrected chi connectivity index (χ3v) is 3.52. The molecular formula is C16H18ClNO2. The summed E-state index contributed by atoms with van der Waals surface area (Å²) >= 11 is 5.98. The molecule has 2 aromatic rings. The molecule has 1 unspecified atom stereocenters. The van der Waals surface area contributed by atoms with Crippen LogP contribution in [-0.4, -0.2) is 13.7 Å². The van der Waals surface area contributed by atoms with Crippen molar-refractivity contribution in [1.82, 2.24) is 0 Å². The summed E-state index contributed by atoms with van der Waals surface area (Å²) in [4.78, 5) is 0. The van der Waals surface area contributed by atoms with Crippen LogP contribution in [0.1, 0.15) is 17.2 Å². The van der Waals surface area contributed by atoms with E-state index in [-0.39, 0.29) is 6.04 Å². The van der Waals surface area contributed by atoms with Gasteiger partial charge in [-0.3, -0.25) is 0 Å². The highest BCUT2D eigenvalue weighted by Crippen LogP contribution is 2.25. The van der Waals surface area contributed by atoms with Crippen molar-refractivity contribution in [3.63, 3.8) is 0 Å². The largest absolute Gasteiger partial charge is 0.496 e. The number of hydrogen-bond acceptors (Lipinski definition) is 3. The Balaban J connectivity index is 2.04. The zero-order valence-electron chi connectivity index (χ0n) is 11.6. The van der Waals surface area contributed by atoms with Crippen LogP contribution in [0.25, 0.3) is 0 Å². The van der Waals surface area contributed by atoms with Crippen LogP contribution in [-0.2, 0) is 0 Å². The predicted octanol–water partition coefficient (Wildman–Crippen LogP) is 3.74. The summed E-state index contributed by atoms with van der Waals surface area (Å²) in [6.07, 6.45) is 0. The van der Waals surface area contributed by atoms with Crippen LogP contribution in [0.2, 0.25) is 5.02 Å². The molecule has 4 heteroatoms. The van der Waals surface area contributed by atoms with Gasteiger partial charge in [-0.2, -0.15) is 0 Å². The summed E-state index contributed by atoms with van der Waals surface area (Å²) in [5.74, 6) is 1.54. The van der Waals surface area contributed by atoms with Crippen molar-refractivity contribution in [3.8, 4) is 11.5 Å². The number of rotatable bonds is 5. The molecule has 1 atom stereocenters. The molecule has 0 saturated carbocycles. The summed E-state index contributed by atoms with van der Waals surface area (Å²) in [6, 6.07) is 13.0. The van der Waals surface area contributed by atoms with E-state index in [0.717, 1.165) is 27.6 Å². The second kappa shape index (κ2) is 6.64. The standard InChI is InChI=1S/C16H18ClNO2/c1-11-9-12(7-8-14(11)17)20-10-15(18)13-5-3-4-6-16(13)19-2/h3-9,15H,10,18H2,1-2H3. The molecule has 20 heavy (non-hydrogen) atoms. The molecule has 0 heterocycles. The van der Waals surface area contributed by atoms with E-state index in [0.29, 0.717) is 6.61 Å². The molecule has 0 spiro atoms. The molecule has 0 amide bonds. The zero-order valence-corrected chi connectivity index (χ0v) is 12.4. The van der Waals surface area contributed by atoms with Crippen LogP contribution < -0.4 is 15.2 Å². The number of para-hydroxylation sites is 1. The molecule has 106 valence electrons. The van der Waals surface area contributed by atoms with E-state index < -0.39 is 0 Å². The van der Waals surface area contributed by atoms with E-state index in [2.05, 4.69) is 0 Å². The van der Waals surface area contributed by atoms with Crippen molar-refractivity contribution in [2.75, 3.05) is 13.7 Å². The van der Waals surface area contributed by atoms with Gasteiger partial charge >= 0.3 is 0 Å². The van der Waals surface area contributed by atoms with Gasteiger partial charge in [0.25, 0.3) is 0 Å². The molecular weight excluding hydrogens is 274 g/mol. The first kappa shape index (κ1) is 14.7. The Morgan fingerprint density at radius 2 is 1.95 bits per heavy atom. The minimum Gasteiger partial charge on any atom is -0.496 e. The van der Waals surface area contributed by atoms with Crippen LogP contribution in [0, 0.1) is 6.92 Å². The molecule has 0 aliphatic rings. The lowest BCUT2D eigenvalue weighted by molar-refractivity contribution is 0.286. The van der Waals surface area contributed by atoms with E-state index in [9.17, 15) is 0 Å². The van der Waals surface area contributed by atoms with Crippen molar-refractivity contribution >= 4 is 11.6 Å². The molecule has 2 rings (SSSR count). The summed E-state index contributed by atoms with van der Waals surface area (Å²) in [5, 5.41) is 0.728. The summed E-state index contributed by atoms with van der Waals surface area (Å²) < 4.78 is 11.0. The quantitative estimate of drug-likeness (QED) is 0.913. The highest BCUT2D eigenvalue weighted by atomic mass is 35.5. The van der Waals surface area contributed by atoms with Crippen molar-refractivity contribution < 1.29 is 9.47 Å². The Labute approximate surface area is 124 Å². The summed E-state index contributed by atoms with van der Waals surface area (Å²) in [7, 11) is 1.63. The minimum atomic E-state index is -0.248. The van der Waals surface area contributed by atoms with E-state index in [4.69, 9.17) is 26.8 Å². The second-order valence-electron chi connectivity index (χ2n) is 4.57. The SMILES string of the molecule is COc1ccccc1C(N)COc1ccc(Cl)c(C)c1. The Hall–Kier alpha value is -1.71. The minimum absolute atomic E-state index is 0.248. The third-order valence-electron chi connectivity index (χ3n) is 3.10. The van der Waals surface area contributed by atoms with Gasteiger partial charge in [-0.25, -0.2) is 0 Å². The molecule has 2 aromatic carbocycles. The highest BCUT2D eigenvalue weighted by molar-refractivity contribution is 6.31. The number of benzene rings is 2. The predicted molar refractivity (Wildman–Crippen MR) is 81.6 cm³/mol. The van der Waals surface area contributed by atoms with E-state index in [1.807, 2.05) is 49.4 Å². The van der Waals surface area contributed by atoms with Crippen molar-refractivity contribution in [1.29, 1.82) is 0 Å². The first-order chi connectivity index (χ1) is 9.61. The van der Waals surface area contributed by atoms with Crippen molar-refractivity contribution in [3.05, 3.63) is 58.6 Å². The number of methoxy groups -OCH3 is 1. The van der Waals surface area contributed by atoms with E-state index >= 15 is 0 Å². The normalized spacial score (nSPS) is 12.0. The molecule has 0 radical (unpaired) electrons. The first-order valence-corrected chi connectivity index (χ1v) is 6.77. The Bertz CT molecular complexity index is 586. The third kappa shape index (κ3) is 3.44. The van der Waals surface area contributed by atoms with Crippen molar-refractivity contribution in [2.45, 2.75) is 13.0 Å². The van der Waals surface area contributed by atoms with Gasteiger partial charge in [0.15, 0.2) is 0 Å². The van der Waals surface area contributed by atoms with Crippen LogP contribution in [0.15, 0.2) is 42.5 Å². The zero-order chi connectivity index (χ0) is 14.5. The van der Waals surface area contributed by atoms with Gasteiger partial charge in [0, 0.05) is 10.6 Å². The Morgan fingerprint density at radius 1 is 1.20 bits per heavy atom. The van der Waals surface area contributed by atoms with E-state index in [1.54, 1.807) is 7.11 Å². The summed E-state index contributed by atoms with van der Waals surface area (Å²) in [6.45, 7) is 2.32. The van der Waals surface area contributed by atoms with Crippen LogP contribution in [0.3, 0.4) is 0 Å². The van der Waals surface area contributed by atoms with Gasteiger partial charge in [-0.1, -0.05) is 29.8 Å². The maximum atomic E-state index is 6.16. The lowest BCUT2D eigenvalue weighted by Crippen LogP contribution is -2.19. The molecule has 0 fully saturated rings. The monoisotopic (exact) mass is 291 g/mol. The molecule has 0 aliphatic carbocycles. The van der Waals surface area contributed by atoms with Gasteiger partial charge < -0.3 is 15.2 Å². The topological polar surface area (TPSA) is 44.5 Å². The molecule has 0 bridgehead atoms. The fourth-order valence-electron chi connectivity index (χ4n) is 1.96. The lowest BCUT2D eigenvalue weighted by atomic mass is 10.1. The maximum Gasteiger partial charge on any atom is 0.123 e. The maximum absolute atomic E-state index is 6.16. The van der Waals surface area contributed by atoms with E-state index in [1.165, 1.54) is 0 Å². The average molecular weight is 292 g/mol. The molecule has 0 aromatic heterocycles. The van der Waals surface area contributed by atoms with Gasteiger partial charge in [-0.05, 0) is 36.8 Å². The molecule has 2 N–H and O–H groups in total. The Morgan fingerprint density at radius 3 is 2.65 bits per heavy atom. The lowest BCUT2D eigenvalue weighted by Gasteiger charge is -2.16. The number of nitrogens with two attached hydrogens (primary N) is 1. The van der Waals surface area contributed by atoms with Gasteiger partial charge in [0.1, 0.15) is 18.1 Å². The van der Waals surface area contributed by atoms with Gasteiger partial charge in [-0.15, -0.1) is 0 Å². The molecule has 0 aliphatic heterocycles. The smallest absolute Gasteiger partial charge is 0.123 e. The van der Waals surface area contributed by atoms with Gasteiger partial charge in [0.05, 0.1) is 13.2 Å². The van der Waals surface area contributed by atoms with Crippen LogP contribution in [0.4, 0.5) is 0 Å². The number of halogens is 1.